The second-order valence-electron chi connectivity index (χ2n) is 3.51. The van der Waals surface area contributed by atoms with Crippen molar-refractivity contribution in [2.75, 3.05) is 0 Å². The third-order valence-corrected chi connectivity index (χ3v) is 2.02. The quantitative estimate of drug-likeness (QED) is 0.779. The van der Waals surface area contributed by atoms with Crippen molar-refractivity contribution in [2.24, 2.45) is 0 Å². The van der Waals surface area contributed by atoms with Crippen LogP contribution in [0.4, 0.5) is 13.2 Å². The number of hydrogen-bond donors (Lipinski definition) is 0. The van der Waals surface area contributed by atoms with Crippen LogP contribution in [0.15, 0.2) is 24.4 Å². The summed E-state index contributed by atoms with van der Waals surface area (Å²) >= 11 is 0. The third-order valence-electron chi connectivity index (χ3n) is 2.02. The first-order valence-electron chi connectivity index (χ1n) is 4.96. The van der Waals surface area contributed by atoms with Crippen LogP contribution in [0.5, 0.6) is 0 Å². The van der Waals surface area contributed by atoms with Crippen molar-refractivity contribution in [1.29, 1.82) is 0 Å². The maximum atomic E-state index is 11.8. The number of rotatable bonds is 5. The average Bonchev–Trinajstić information content (AvgIpc) is 2.17. The minimum atomic E-state index is -4.18. The minimum absolute atomic E-state index is 0.0456. The minimum Gasteiger partial charge on any atom is -0.299 e. The van der Waals surface area contributed by atoms with Gasteiger partial charge < -0.3 is 0 Å². The molecule has 0 fully saturated rings. The van der Waals surface area contributed by atoms with Crippen molar-refractivity contribution >= 4 is 5.78 Å². The van der Waals surface area contributed by atoms with Gasteiger partial charge >= 0.3 is 6.18 Å². The van der Waals surface area contributed by atoms with Gasteiger partial charge in [0.2, 0.25) is 0 Å². The molecule has 0 unspecified atom stereocenters. The number of carbonyl (C=O) groups excluding carboxylic acids is 1. The zero-order valence-corrected chi connectivity index (χ0v) is 8.63. The monoisotopic (exact) mass is 231 g/mol. The van der Waals surface area contributed by atoms with Crippen LogP contribution in [0.3, 0.4) is 0 Å². The van der Waals surface area contributed by atoms with E-state index in [4.69, 9.17) is 0 Å². The summed E-state index contributed by atoms with van der Waals surface area (Å²) in [5, 5.41) is 0. The molecular formula is C11H12F3NO. The highest BCUT2D eigenvalue weighted by Gasteiger charge is 2.26. The molecule has 5 heteroatoms. The molecule has 0 aliphatic heterocycles. The molecule has 88 valence electrons. The van der Waals surface area contributed by atoms with Gasteiger partial charge in [-0.05, 0) is 18.6 Å². The molecule has 0 amide bonds. The maximum absolute atomic E-state index is 11.8. The Labute approximate surface area is 91.5 Å². The second kappa shape index (κ2) is 5.63. The summed E-state index contributed by atoms with van der Waals surface area (Å²) < 4.78 is 35.4. The van der Waals surface area contributed by atoms with Gasteiger partial charge in [-0.15, -0.1) is 0 Å². The van der Waals surface area contributed by atoms with Crippen molar-refractivity contribution in [3.05, 3.63) is 30.1 Å². The predicted octanol–water partition coefficient (Wildman–Crippen LogP) is 2.93. The Kier molecular flexibility index (Phi) is 4.46. The van der Waals surface area contributed by atoms with Gasteiger partial charge in [-0.25, -0.2) is 0 Å². The summed E-state index contributed by atoms with van der Waals surface area (Å²) in [5.74, 6) is -0.206. The first-order valence-corrected chi connectivity index (χ1v) is 4.96. The van der Waals surface area contributed by atoms with Gasteiger partial charge in [0, 0.05) is 31.2 Å². The highest BCUT2D eigenvalue weighted by Crippen LogP contribution is 2.22. The maximum Gasteiger partial charge on any atom is 0.389 e. The smallest absolute Gasteiger partial charge is 0.299 e. The van der Waals surface area contributed by atoms with Crippen LogP contribution in [0.25, 0.3) is 0 Å². The fourth-order valence-corrected chi connectivity index (χ4v) is 1.28. The van der Waals surface area contributed by atoms with Crippen molar-refractivity contribution in [2.45, 2.75) is 31.9 Å². The van der Waals surface area contributed by atoms with Crippen molar-refractivity contribution < 1.29 is 18.0 Å². The Bertz CT molecular complexity index is 335. The Morgan fingerprint density at radius 3 is 2.62 bits per heavy atom. The topological polar surface area (TPSA) is 30.0 Å². The normalized spacial score (nSPS) is 11.4. The van der Waals surface area contributed by atoms with Crippen LogP contribution < -0.4 is 0 Å². The summed E-state index contributed by atoms with van der Waals surface area (Å²) in [7, 11) is 0. The largest absolute Gasteiger partial charge is 0.389 e. The first-order chi connectivity index (χ1) is 7.47. The van der Waals surface area contributed by atoms with E-state index < -0.39 is 12.6 Å². The fourth-order valence-electron chi connectivity index (χ4n) is 1.28. The molecule has 1 aromatic heterocycles. The number of halogens is 3. The molecule has 0 bridgehead atoms. The van der Waals surface area contributed by atoms with E-state index in [0.717, 1.165) is 0 Å². The lowest BCUT2D eigenvalue weighted by atomic mass is 10.1. The van der Waals surface area contributed by atoms with Gasteiger partial charge in [-0.2, -0.15) is 13.2 Å². The van der Waals surface area contributed by atoms with Crippen molar-refractivity contribution in [1.82, 2.24) is 4.98 Å². The molecular weight excluding hydrogens is 219 g/mol. The summed E-state index contributed by atoms with van der Waals surface area (Å²) in [5.41, 5.74) is 0.597. The van der Waals surface area contributed by atoms with Gasteiger partial charge in [0.05, 0.1) is 0 Å². The van der Waals surface area contributed by atoms with Gasteiger partial charge in [0.15, 0.2) is 0 Å². The number of nitrogens with zero attached hydrogens (tertiary/aromatic N) is 1. The lowest BCUT2D eigenvalue weighted by molar-refractivity contribution is -0.137. The van der Waals surface area contributed by atoms with Crippen molar-refractivity contribution in [3.63, 3.8) is 0 Å². The van der Waals surface area contributed by atoms with E-state index in [-0.39, 0.29) is 25.0 Å². The molecule has 16 heavy (non-hydrogen) atoms. The Morgan fingerprint density at radius 2 is 2.06 bits per heavy atom. The van der Waals surface area contributed by atoms with E-state index in [1.54, 1.807) is 24.4 Å². The molecule has 0 radical (unpaired) electrons. The average molecular weight is 231 g/mol. The van der Waals surface area contributed by atoms with E-state index in [1.165, 1.54) is 0 Å². The van der Waals surface area contributed by atoms with Crippen LogP contribution >= 0.6 is 0 Å². The number of pyridine rings is 1. The standard InChI is InChI=1S/C11H12F3NO/c12-11(13,14)6-3-5-10(16)8-9-4-1-2-7-15-9/h1-2,4,7H,3,5-6,8H2. The Balaban J connectivity index is 2.27. The molecule has 2 nitrogen and oxygen atoms in total. The van der Waals surface area contributed by atoms with Crippen LogP contribution in [-0.2, 0) is 11.2 Å². The van der Waals surface area contributed by atoms with E-state index in [9.17, 15) is 18.0 Å². The molecule has 0 saturated carbocycles. The lowest BCUT2D eigenvalue weighted by Gasteiger charge is -2.04. The highest BCUT2D eigenvalue weighted by atomic mass is 19.4. The summed E-state index contributed by atoms with van der Waals surface area (Å²) in [6, 6.07) is 5.14. The first kappa shape index (κ1) is 12.7. The predicted molar refractivity (Wildman–Crippen MR) is 52.9 cm³/mol. The third kappa shape index (κ3) is 5.48. The van der Waals surface area contributed by atoms with Gasteiger partial charge in [0.1, 0.15) is 5.78 Å². The number of Topliss-reactive ketones (excluding diaryl/α,β-unsaturated/α-hetero) is 1. The molecule has 0 N–H and O–H groups in total. The summed E-state index contributed by atoms with van der Waals surface area (Å²) in [4.78, 5) is 15.2. The van der Waals surface area contributed by atoms with E-state index in [0.29, 0.717) is 5.69 Å². The number of carbonyl (C=O) groups is 1. The molecule has 1 rings (SSSR count). The number of hydrogen-bond acceptors (Lipinski definition) is 2. The zero-order chi connectivity index (χ0) is 12.0. The van der Waals surface area contributed by atoms with Crippen LogP contribution in [0.1, 0.15) is 25.0 Å². The molecule has 1 heterocycles. The van der Waals surface area contributed by atoms with Crippen LogP contribution in [-0.4, -0.2) is 16.9 Å². The molecule has 0 saturated heterocycles. The number of aromatic nitrogens is 1. The van der Waals surface area contributed by atoms with Crippen LogP contribution in [0.2, 0.25) is 0 Å². The fraction of sp³-hybridized carbons (Fsp3) is 0.455. The van der Waals surface area contributed by atoms with Gasteiger partial charge in [-0.1, -0.05) is 6.07 Å². The van der Waals surface area contributed by atoms with Crippen molar-refractivity contribution in [3.8, 4) is 0 Å². The van der Waals surface area contributed by atoms with E-state index in [2.05, 4.69) is 4.98 Å². The molecule has 0 spiro atoms. The summed E-state index contributed by atoms with van der Waals surface area (Å²) in [6.07, 6.45) is -3.60. The summed E-state index contributed by atoms with van der Waals surface area (Å²) in [6.45, 7) is 0. The number of ketones is 1. The van der Waals surface area contributed by atoms with E-state index in [1.807, 2.05) is 0 Å². The molecule has 0 aliphatic rings. The zero-order valence-electron chi connectivity index (χ0n) is 8.63. The molecule has 0 atom stereocenters. The van der Waals surface area contributed by atoms with Gasteiger partial charge in [0.25, 0.3) is 0 Å². The highest BCUT2D eigenvalue weighted by molar-refractivity contribution is 5.80. The van der Waals surface area contributed by atoms with Crippen LogP contribution in [0, 0.1) is 0 Å². The van der Waals surface area contributed by atoms with Gasteiger partial charge in [-0.3, -0.25) is 9.78 Å². The Hall–Kier alpha value is -1.39. The second-order valence-corrected chi connectivity index (χ2v) is 3.51. The SMILES string of the molecule is O=C(CCCC(F)(F)F)Cc1ccccn1. The lowest BCUT2D eigenvalue weighted by Crippen LogP contribution is -2.09. The van der Waals surface area contributed by atoms with E-state index >= 15 is 0 Å². The molecule has 1 aromatic rings. The molecule has 0 aromatic carbocycles. The molecule has 0 aliphatic carbocycles. The Morgan fingerprint density at radius 1 is 1.31 bits per heavy atom. The number of alkyl halides is 3.